The highest BCUT2D eigenvalue weighted by Crippen LogP contribution is 2.41. The first kappa shape index (κ1) is 12.4. The molecule has 102 valence electrons. The van der Waals surface area contributed by atoms with Crippen LogP contribution < -0.4 is 5.73 Å². The summed E-state index contributed by atoms with van der Waals surface area (Å²) in [4.78, 5) is 14.1. The van der Waals surface area contributed by atoms with Gasteiger partial charge >= 0.3 is 5.97 Å². The lowest BCUT2D eigenvalue weighted by Crippen LogP contribution is -2.58. The van der Waals surface area contributed by atoms with Gasteiger partial charge in [-0.1, -0.05) is 12.8 Å². The molecule has 0 aromatic carbocycles. The Balaban J connectivity index is 1.72. The Hall–Kier alpha value is -0.610. The van der Waals surface area contributed by atoms with E-state index in [1.54, 1.807) is 0 Å². The third kappa shape index (κ3) is 1.86. The van der Waals surface area contributed by atoms with Crippen molar-refractivity contribution < 1.29 is 9.90 Å². The van der Waals surface area contributed by atoms with Gasteiger partial charge in [0.05, 0.1) is 0 Å². The number of hydrogen-bond acceptors (Lipinski definition) is 3. The molecule has 3 rings (SSSR count). The summed E-state index contributed by atoms with van der Waals surface area (Å²) in [5.74, 6) is -0.649. The van der Waals surface area contributed by atoms with Gasteiger partial charge in [0.15, 0.2) is 0 Å². The first-order chi connectivity index (χ1) is 8.61. The third-order valence-corrected chi connectivity index (χ3v) is 5.56. The van der Waals surface area contributed by atoms with Crippen LogP contribution in [0, 0.1) is 5.92 Å². The fourth-order valence-electron chi connectivity index (χ4n) is 4.38. The Labute approximate surface area is 109 Å². The van der Waals surface area contributed by atoms with E-state index in [2.05, 4.69) is 4.90 Å². The summed E-state index contributed by atoms with van der Waals surface area (Å²) in [5.41, 5.74) is 5.24. The van der Waals surface area contributed by atoms with E-state index in [4.69, 9.17) is 5.73 Å². The van der Waals surface area contributed by atoms with Crippen molar-refractivity contribution in [3.8, 4) is 0 Å². The fraction of sp³-hybridized carbons (Fsp3) is 0.929. The van der Waals surface area contributed by atoms with Crippen LogP contribution in [0.25, 0.3) is 0 Å². The number of nitrogens with two attached hydrogens (primary N) is 1. The van der Waals surface area contributed by atoms with Gasteiger partial charge in [-0.15, -0.1) is 0 Å². The second kappa shape index (κ2) is 4.49. The summed E-state index contributed by atoms with van der Waals surface area (Å²) in [6.07, 6.45) is 8.97. The van der Waals surface area contributed by atoms with E-state index in [0.717, 1.165) is 37.9 Å². The lowest BCUT2D eigenvalue weighted by molar-refractivity contribution is -0.147. The second-order valence-electron chi connectivity index (χ2n) is 6.45. The molecule has 3 fully saturated rings. The van der Waals surface area contributed by atoms with Crippen LogP contribution in [-0.2, 0) is 4.79 Å². The minimum atomic E-state index is -0.972. The maximum atomic E-state index is 11.5. The third-order valence-electron chi connectivity index (χ3n) is 5.56. The van der Waals surface area contributed by atoms with E-state index in [9.17, 15) is 9.90 Å². The van der Waals surface area contributed by atoms with Crippen LogP contribution in [0.5, 0.6) is 0 Å². The average Bonchev–Trinajstić information content (AvgIpc) is 2.92. The van der Waals surface area contributed by atoms with E-state index in [-0.39, 0.29) is 5.92 Å². The molecule has 2 aliphatic heterocycles. The number of aliphatic carboxylic acids is 1. The van der Waals surface area contributed by atoms with Crippen molar-refractivity contribution in [2.45, 2.75) is 69.0 Å². The average molecular weight is 252 g/mol. The number of hydrogen-bond donors (Lipinski definition) is 2. The van der Waals surface area contributed by atoms with Crippen molar-refractivity contribution in [2.24, 2.45) is 11.7 Å². The number of rotatable bonds is 3. The quantitative estimate of drug-likeness (QED) is 0.800. The molecule has 4 nitrogen and oxygen atoms in total. The molecule has 18 heavy (non-hydrogen) atoms. The molecule has 2 heterocycles. The number of fused-ring (bicyclic) bond motifs is 2. The highest BCUT2D eigenvalue weighted by Gasteiger charge is 2.47. The minimum absolute atomic E-state index is 0.143. The molecule has 2 atom stereocenters. The molecule has 3 N–H and O–H groups in total. The molecule has 0 aromatic heterocycles. The van der Waals surface area contributed by atoms with Crippen molar-refractivity contribution in [3.05, 3.63) is 0 Å². The molecule has 0 unspecified atom stereocenters. The molecular weight excluding hydrogens is 228 g/mol. The van der Waals surface area contributed by atoms with Crippen LogP contribution in [0.2, 0.25) is 0 Å². The summed E-state index contributed by atoms with van der Waals surface area (Å²) in [6.45, 7) is 0.915. The zero-order valence-corrected chi connectivity index (χ0v) is 11.0. The van der Waals surface area contributed by atoms with Gasteiger partial charge in [-0.05, 0) is 38.5 Å². The molecule has 0 amide bonds. The molecule has 0 aromatic rings. The largest absolute Gasteiger partial charge is 0.480 e. The van der Waals surface area contributed by atoms with Gasteiger partial charge in [-0.25, -0.2) is 0 Å². The van der Waals surface area contributed by atoms with Crippen molar-refractivity contribution in [1.82, 2.24) is 4.90 Å². The smallest absolute Gasteiger partial charge is 0.324 e. The van der Waals surface area contributed by atoms with Crippen molar-refractivity contribution in [3.63, 3.8) is 0 Å². The highest BCUT2D eigenvalue weighted by atomic mass is 16.4. The summed E-state index contributed by atoms with van der Waals surface area (Å²) in [6, 6.07) is 1.44. The Morgan fingerprint density at radius 1 is 1.17 bits per heavy atom. The van der Waals surface area contributed by atoms with Crippen molar-refractivity contribution in [2.75, 3.05) is 6.54 Å². The maximum Gasteiger partial charge on any atom is 0.324 e. The van der Waals surface area contributed by atoms with Gasteiger partial charge in [0.2, 0.25) is 0 Å². The van der Waals surface area contributed by atoms with Gasteiger partial charge in [0.1, 0.15) is 5.54 Å². The molecular formula is C14H24N2O2. The molecule has 4 heteroatoms. The topological polar surface area (TPSA) is 66.6 Å². The Kier molecular flexibility index (Phi) is 3.10. The summed E-state index contributed by atoms with van der Waals surface area (Å²) in [7, 11) is 0. The molecule has 1 aliphatic carbocycles. The van der Waals surface area contributed by atoms with E-state index in [1.807, 2.05) is 0 Å². The van der Waals surface area contributed by atoms with E-state index in [1.165, 1.54) is 25.7 Å². The van der Waals surface area contributed by atoms with Crippen LogP contribution in [0.15, 0.2) is 0 Å². The Morgan fingerprint density at radius 2 is 1.78 bits per heavy atom. The molecule has 1 saturated carbocycles. The lowest BCUT2D eigenvalue weighted by atomic mass is 9.73. The van der Waals surface area contributed by atoms with Crippen LogP contribution >= 0.6 is 0 Å². The molecule has 2 saturated heterocycles. The van der Waals surface area contributed by atoms with Crippen molar-refractivity contribution in [1.29, 1.82) is 0 Å². The summed E-state index contributed by atoms with van der Waals surface area (Å²) < 4.78 is 0. The minimum Gasteiger partial charge on any atom is -0.480 e. The van der Waals surface area contributed by atoms with Gasteiger partial charge in [-0.3, -0.25) is 9.69 Å². The van der Waals surface area contributed by atoms with Gasteiger partial charge in [0, 0.05) is 24.5 Å². The number of nitrogens with zero attached hydrogens (tertiary/aromatic N) is 1. The maximum absolute atomic E-state index is 11.5. The van der Waals surface area contributed by atoms with Crippen LogP contribution in [0.4, 0.5) is 0 Å². The van der Waals surface area contributed by atoms with E-state index < -0.39 is 11.5 Å². The van der Waals surface area contributed by atoms with Gasteiger partial charge in [-0.2, -0.15) is 0 Å². The first-order valence-electron chi connectivity index (χ1n) is 7.39. The highest BCUT2D eigenvalue weighted by molar-refractivity contribution is 5.79. The molecule has 0 radical (unpaired) electrons. The van der Waals surface area contributed by atoms with Gasteiger partial charge < -0.3 is 10.8 Å². The number of carbonyl (C=O) groups is 1. The standard InChI is InChI=1S/C14H24N2O2/c15-14(13(17)18)8-2-1-3-10(14)9-16-11-4-5-12(16)7-6-11/h10-12H,1-9,15H2,(H,17,18)/t10-,11?,12?,14+/m0/s1. The molecule has 2 bridgehead atoms. The van der Waals surface area contributed by atoms with Crippen LogP contribution in [0.1, 0.15) is 51.4 Å². The molecule has 3 aliphatic rings. The number of carboxylic acid groups (broad SMARTS) is 1. The monoisotopic (exact) mass is 252 g/mol. The van der Waals surface area contributed by atoms with Crippen LogP contribution in [-0.4, -0.2) is 40.1 Å². The zero-order chi connectivity index (χ0) is 12.8. The molecule has 0 spiro atoms. The fourth-order valence-corrected chi connectivity index (χ4v) is 4.38. The first-order valence-corrected chi connectivity index (χ1v) is 7.39. The Bertz CT molecular complexity index is 327. The second-order valence-corrected chi connectivity index (χ2v) is 6.45. The van der Waals surface area contributed by atoms with Crippen molar-refractivity contribution >= 4 is 5.97 Å². The van der Waals surface area contributed by atoms with E-state index in [0.29, 0.717) is 6.42 Å². The normalized spacial score (nSPS) is 44.4. The lowest BCUT2D eigenvalue weighted by Gasteiger charge is -2.40. The predicted molar refractivity (Wildman–Crippen MR) is 69.3 cm³/mol. The van der Waals surface area contributed by atoms with Crippen LogP contribution in [0.3, 0.4) is 0 Å². The summed E-state index contributed by atoms with van der Waals surface area (Å²) >= 11 is 0. The Morgan fingerprint density at radius 3 is 2.33 bits per heavy atom. The van der Waals surface area contributed by atoms with Gasteiger partial charge in [0.25, 0.3) is 0 Å². The summed E-state index contributed by atoms with van der Waals surface area (Å²) in [5, 5.41) is 9.45. The number of carboxylic acids is 1. The SMILES string of the molecule is N[C@]1(C(=O)O)CCCC[C@H]1CN1C2CCC1CC2. The predicted octanol–water partition coefficient (Wildman–Crippen LogP) is 1.59. The van der Waals surface area contributed by atoms with E-state index >= 15 is 0 Å². The zero-order valence-electron chi connectivity index (χ0n) is 11.0.